The lowest BCUT2D eigenvalue weighted by Crippen LogP contribution is -2.19. The molecule has 5 rings (SSSR count). The van der Waals surface area contributed by atoms with Crippen molar-refractivity contribution < 1.29 is 13.6 Å². The number of hydrogen-bond donors (Lipinski definition) is 2. The lowest BCUT2D eigenvalue weighted by molar-refractivity contribution is 0.0997. The van der Waals surface area contributed by atoms with E-state index in [9.17, 15) is 9.18 Å². The van der Waals surface area contributed by atoms with Crippen LogP contribution in [0.1, 0.15) is 56.6 Å². The van der Waals surface area contributed by atoms with E-state index in [1.54, 1.807) is 41.8 Å². The Morgan fingerprint density at radius 3 is 2.82 bits per heavy atom. The van der Waals surface area contributed by atoms with Gasteiger partial charge in [-0.1, -0.05) is 12.1 Å². The molecule has 1 amide bonds. The second-order valence-electron chi connectivity index (χ2n) is 8.24. The minimum atomic E-state index is -0.375. The maximum Gasteiger partial charge on any atom is 0.291 e. The number of carbonyl (C=O) groups excluding carboxylic acids is 1. The summed E-state index contributed by atoms with van der Waals surface area (Å²) in [5, 5.41) is 7.34. The Labute approximate surface area is 195 Å². The summed E-state index contributed by atoms with van der Waals surface area (Å²) in [7, 11) is 0. The molecule has 3 aromatic heterocycles. The Kier molecular flexibility index (Phi) is 5.96. The normalized spacial score (nSPS) is 13.9. The average molecular weight is 462 g/mol. The first-order chi connectivity index (χ1) is 16.1. The van der Waals surface area contributed by atoms with Gasteiger partial charge in [-0.25, -0.2) is 9.37 Å². The SMILES string of the molecule is Cc1ccnc(N[C@@H](c2cccc(F)c2)c2c(NC(=O)c3ccco3)sc3c2CCCC3)c1. The molecule has 7 heteroatoms. The number of carbonyl (C=O) groups is 1. The topological polar surface area (TPSA) is 67.2 Å². The molecule has 4 aromatic rings. The van der Waals surface area contributed by atoms with Gasteiger partial charge in [-0.3, -0.25) is 4.79 Å². The lowest BCUT2D eigenvalue weighted by Gasteiger charge is -2.24. The molecule has 1 atom stereocenters. The molecular weight excluding hydrogens is 437 g/mol. The zero-order chi connectivity index (χ0) is 22.8. The molecule has 0 fully saturated rings. The number of fused-ring (bicyclic) bond motifs is 1. The van der Waals surface area contributed by atoms with Crippen molar-refractivity contribution in [1.82, 2.24) is 4.98 Å². The van der Waals surface area contributed by atoms with E-state index in [4.69, 9.17) is 4.42 Å². The van der Waals surface area contributed by atoms with E-state index in [0.29, 0.717) is 5.82 Å². The standard InChI is InChI=1S/C26H24FN3O2S/c1-16-11-12-28-22(14-16)29-24(17-6-4-7-18(27)15-17)23-19-8-2-3-10-21(19)33-26(23)30-25(31)20-9-5-13-32-20/h4-7,9,11-15,24H,2-3,8,10H2,1H3,(H,28,29)(H,30,31)/t24-/m0/s1. The third-order valence-electron chi connectivity index (χ3n) is 5.86. The summed E-state index contributed by atoms with van der Waals surface area (Å²) in [6.45, 7) is 2.01. The molecule has 168 valence electrons. The van der Waals surface area contributed by atoms with Gasteiger partial charge in [0.2, 0.25) is 0 Å². The quantitative estimate of drug-likeness (QED) is 0.343. The van der Waals surface area contributed by atoms with Crippen LogP contribution in [0.15, 0.2) is 65.4 Å². The van der Waals surface area contributed by atoms with Crippen molar-refractivity contribution in [3.8, 4) is 0 Å². The minimum Gasteiger partial charge on any atom is -0.459 e. The van der Waals surface area contributed by atoms with Gasteiger partial charge in [0.1, 0.15) is 16.6 Å². The fourth-order valence-electron chi connectivity index (χ4n) is 4.33. The Bertz CT molecular complexity index is 1280. The third kappa shape index (κ3) is 4.54. The van der Waals surface area contributed by atoms with Gasteiger partial charge in [-0.15, -0.1) is 11.3 Å². The number of hydrogen-bond acceptors (Lipinski definition) is 5. The number of nitrogens with zero attached hydrogens (tertiary/aromatic N) is 1. The molecule has 3 heterocycles. The molecular formula is C26H24FN3O2S. The Hall–Kier alpha value is -3.45. The molecule has 0 unspecified atom stereocenters. The zero-order valence-corrected chi connectivity index (χ0v) is 19.0. The fourth-order valence-corrected chi connectivity index (χ4v) is 5.66. The predicted octanol–water partition coefficient (Wildman–Crippen LogP) is 6.52. The first-order valence-corrected chi connectivity index (χ1v) is 11.8. The predicted molar refractivity (Wildman–Crippen MR) is 128 cm³/mol. The Balaban J connectivity index is 1.62. The molecule has 1 aromatic carbocycles. The highest BCUT2D eigenvalue weighted by Gasteiger charge is 2.29. The van der Waals surface area contributed by atoms with Crippen molar-refractivity contribution in [2.45, 2.75) is 38.6 Å². The van der Waals surface area contributed by atoms with Crippen LogP contribution < -0.4 is 10.6 Å². The molecule has 33 heavy (non-hydrogen) atoms. The van der Waals surface area contributed by atoms with Gasteiger partial charge in [0.15, 0.2) is 5.76 Å². The summed E-state index contributed by atoms with van der Waals surface area (Å²) in [6.07, 6.45) is 7.34. The molecule has 1 aliphatic carbocycles. The van der Waals surface area contributed by atoms with Crippen molar-refractivity contribution in [3.63, 3.8) is 0 Å². The van der Waals surface area contributed by atoms with Crippen LogP contribution in [-0.2, 0) is 12.8 Å². The summed E-state index contributed by atoms with van der Waals surface area (Å²) in [5.74, 6) is 0.347. The number of aryl methyl sites for hydroxylation is 2. The zero-order valence-electron chi connectivity index (χ0n) is 18.2. The second kappa shape index (κ2) is 9.19. The number of rotatable bonds is 6. The van der Waals surface area contributed by atoms with Crippen LogP contribution in [0, 0.1) is 12.7 Å². The summed E-state index contributed by atoms with van der Waals surface area (Å²) in [4.78, 5) is 18.6. The highest BCUT2D eigenvalue weighted by Crippen LogP contribution is 2.44. The van der Waals surface area contributed by atoms with E-state index in [1.807, 2.05) is 25.1 Å². The van der Waals surface area contributed by atoms with Crippen LogP contribution in [0.25, 0.3) is 0 Å². The maximum absolute atomic E-state index is 14.3. The number of pyridine rings is 1. The molecule has 0 aliphatic heterocycles. The molecule has 0 spiro atoms. The monoisotopic (exact) mass is 461 g/mol. The molecule has 0 bridgehead atoms. The van der Waals surface area contributed by atoms with Gasteiger partial charge in [0, 0.05) is 16.6 Å². The number of anilines is 2. The summed E-state index contributed by atoms with van der Waals surface area (Å²) >= 11 is 1.60. The van der Waals surface area contributed by atoms with Crippen LogP contribution in [-0.4, -0.2) is 10.9 Å². The smallest absolute Gasteiger partial charge is 0.291 e. The van der Waals surface area contributed by atoms with Crippen LogP contribution >= 0.6 is 11.3 Å². The van der Waals surface area contributed by atoms with Crippen LogP contribution in [0.3, 0.4) is 0 Å². The van der Waals surface area contributed by atoms with Crippen molar-refractivity contribution in [2.75, 3.05) is 10.6 Å². The molecule has 0 saturated heterocycles. The van der Waals surface area contributed by atoms with Crippen LogP contribution in [0.5, 0.6) is 0 Å². The first kappa shape index (κ1) is 21.4. The van der Waals surface area contributed by atoms with E-state index in [-0.39, 0.29) is 23.5 Å². The third-order valence-corrected chi connectivity index (χ3v) is 7.09. The molecule has 1 aliphatic rings. The highest BCUT2D eigenvalue weighted by atomic mass is 32.1. The number of aromatic nitrogens is 1. The summed E-state index contributed by atoms with van der Waals surface area (Å²) in [6, 6.07) is 13.4. The number of nitrogens with one attached hydrogen (secondary N) is 2. The van der Waals surface area contributed by atoms with E-state index in [1.165, 1.54) is 22.8 Å². The molecule has 0 saturated carbocycles. The van der Waals surface area contributed by atoms with E-state index in [2.05, 4.69) is 15.6 Å². The van der Waals surface area contributed by atoms with Crippen molar-refractivity contribution >= 4 is 28.1 Å². The first-order valence-electron chi connectivity index (χ1n) is 11.0. The fraction of sp³-hybridized carbons (Fsp3) is 0.231. The van der Waals surface area contributed by atoms with E-state index in [0.717, 1.165) is 47.4 Å². The van der Waals surface area contributed by atoms with Crippen LogP contribution in [0.2, 0.25) is 0 Å². The molecule has 5 nitrogen and oxygen atoms in total. The van der Waals surface area contributed by atoms with Gasteiger partial charge in [0.05, 0.1) is 12.3 Å². The van der Waals surface area contributed by atoms with Gasteiger partial charge >= 0.3 is 0 Å². The summed E-state index contributed by atoms with van der Waals surface area (Å²) < 4.78 is 19.6. The number of thiophene rings is 1. The van der Waals surface area contributed by atoms with Crippen molar-refractivity contribution in [3.05, 3.63) is 99.7 Å². The van der Waals surface area contributed by atoms with E-state index >= 15 is 0 Å². The Morgan fingerprint density at radius 1 is 1.15 bits per heavy atom. The number of halogens is 1. The number of furan rings is 1. The number of benzene rings is 1. The van der Waals surface area contributed by atoms with Crippen LogP contribution in [0.4, 0.5) is 15.2 Å². The highest BCUT2D eigenvalue weighted by molar-refractivity contribution is 7.16. The molecule has 0 radical (unpaired) electrons. The maximum atomic E-state index is 14.3. The largest absolute Gasteiger partial charge is 0.459 e. The lowest BCUT2D eigenvalue weighted by atomic mass is 9.89. The van der Waals surface area contributed by atoms with Gasteiger partial charge in [-0.2, -0.15) is 0 Å². The van der Waals surface area contributed by atoms with Gasteiger partial charge in [-0.05, 0) is 85.7 Å². The minimum absolute atomic E-state index is 0.253. The van der Waals surface area contributed by atoms with Gasteiger partial charge in [0.25, 0.3) is 5.91 Å². The van der Waals surface area contributed by atoms with E-state index < -0.39 is 0 Å². The number of amides is 1. The van der Waals surface area contributed by atoms with Gasteiger partial charge < -0.3 is 15.1 Å². The second-order valence-corrected chi connectivity index (χ2v) is 9.34. The van der Waals surface area contributed by atoms with Crippen molar-refractivity contribution in [1.29, 1.82) is 0 Å². The van der Waals surface area contributed by atoms with Crippen molar-refractivity contribution in [2.24, 2.45) is 0 Å². The summed E-state index contributed by atoms with van der Waals surface area (Å²) in [5.41, 5.74) is 4.06. The Morgan fingerprint density at radius 2 is 2.03 bits per heavy atom. The molecule has 2 N–H and O–H groups in total. The average Bonchev–Trinajstić information content (AvgIpc) is 3.46.